The van der Waals surface area contributed by atoms with Crippen molar-refractivity contribution >= 4 is 39.7 Å². The summed E-state index contributed by atoms with van der Waals surface area (Å²) in [5.74, 6) is -0.594. The van der Waals surface area contributed by atoms with Crippen molar-refractivity contribution in [2.24, 2.45) is 5.92 Å². The van der Waals surface area contributed by atoms with Gasteiger partial charge in [0.1, 0.15) is 5.69 Å². The molecule has 2 aromatic heterocycles. The normalized spacial score (nSPS) is 14.9. The fourth-order valence-electron chi connectivity index (χ4n) is 4.02. The van der Waals surface area contributed by atoms with Crippen LogP contribution in [0.25, 0.3) is 0 Å². The van der Waals surface area contributed by atoms with E-state index in [0.717, 1.165) is 11.4 Å². The quantitative estimate of drug-likeness (QED) is 0.367. The Morgan fingerprint density at radius 2 is 2.00 bits per heavy atom. The van der Waals surface area contributed by atoms with E-state index in [-0.39, 0.29) is 35.0 Å². The van der Waals surface area contributed by atoms with Crippen molar-refractivity contribution in [3.8, 4) is 0 Å². The highest BCUT2D eigenvalue weighted by Crippen LogP contribution is 2.30. The first-order valence-corrected chi connectivity index (χ1v) is 12.2. The molecule has 1 saturated heterocycles. The van der Waals surface area contributed by atoms with E-state index in [1.54, 1.807) is 29.3 Å². The molecule has 1 fully saturated rings. The first kappa shape index (κ1) is 24.3. The van der Waals surface area contributed by atoms with E-state index in [1.807, 2.05) is 31.4 Å². The third-order valence-corrected chi connectivity index (χ3v) is 6.82. The van der Waals surface area contributed by atoms with Crippen LogP contribution < -0.4 is 10.6 Å². The second kappa shape index (κ2) is 10.6. The third kappa shape index (κ3) is 5.80. The van der Waals surface area contributed by atoms with Gasteiger partial charge in [-0.2, -0.15) is 0 Å². The molecular weight excluding hydrogens is 468 g/mol. The van der Waals surface area contributed by atoms with Crippen molar-refractivity contribution < 1.29 is 14.5 Å². The van der Waals surface area contributed by atoms with E-state index in [9.17, 15) is 19.7 Å². The number of nitrogens with zero attached hydrogens (tertiary/aromatic N) is 4. The number of rotatable bonds is 7. The Morgan fingerprint density at radius 1 is 1.23 bits per heavy atom. The van der Waals surface area contributed by atoms with Crippen molar-refractivity contribution in [1.82, 2.24) is 14.9 Å². The van der Waals surface area contributed by atoms with Crippen molar-refractivity contribution in [1.29, 1.82) is 0 Å². The number of pyridine rings is 1. The van der Waals surface area contributed by atoms with Crippen molar-refractivity contribution in [2.75, 3.05) is 23.7 Å². The Morgan fingerprint density at radius 3 is 2.63 bits per heavy atom. The second-order valence-electron chi connectivity index (χ2n) is 8.46. The summed E-state index contributed by atoms with van der Waals surface area (Å²) in [7, 11) is 0. The Bertz CT molecular complexity index is 1220. The van der Waals surface area contributed by atoms with Gasteiger partial charge in [-0.15, -0.1) is 11.3 Å². The van der Waals surface area contributed by atoms with Crippen LogP contribution in [0.3, 0.4) is 0 Å². The summed E-state index contributed by atoms with van der Waals surface area (Å²) < 4.78 is 0. The molecule has 0 bridgehead atoms. The largest absolute Gasteiger partial charge is 0.371 e. The van der Waals surface area contributed by atoms with Crippen LogP contribution in [0.4, 0.5) is 16.5 Å². The lowest BCUT2D eigenvalue weighted by atomic mass is 9.95. The fraction of sp³-hybridized carbons (Fsp3) is 0.333. The molecule has 1 unspecified atom stereocenters. The van der Waals surface area contributed by atoms with Crippen LogP contribution in [0, 0.1) is 23.0 Å². The number of aromatic nitrogens is 2. The molecule has 35 heavy (non-hydrogen) atoms. The number of nitrogens with one attached hydrogen (secondary N) is 2. The summed E-state index contributed by atoms with van der Waals surface area (Å²) in [5.41, 5.74) is 1.99. The zero-order valence-electron chi connectivity index (χ0n) is 19.4. The minimum Gasteiger partial charge on any atom is -0.371 e. The highest BCUT2D eigenvalue weighted by Gasteiger charge is 2.29. The molecule has 2 N–H and O–H groups in total. The van der Waals surface area contributed by atoms with E-state index in [0.29, 0.717) is 36.8 Å². The molecule has 0 radical (unpaired) electrons. The van der Waals surface area contributed by atoms with Crippen LogP contribution in [0.1, 0.15) is 47.6 Å². The van der Waals surface area contributed by atoms with Gasteiger partial charge >= 0.3 is 0 Å². The van der Waals surface area contributed by atoms with Crippen molar-refractivity contribution in [3.05, 3.63) is 75.0 Å². The van der Waals surface area contributed by atoms with Crippen LogP contribution in [0.5, 0.6) is 0 Å². The molecule has 1 aliphatic heterocycles. The minimum atomic E-state index is -0.499. The second-order valence-corrected chi connectivity index (χ2v) is 9.32. The van der Waals surface area contributed by atoms with Crippen LogP contribution in [-0.4, -0.2) is 44.7 Å². The number of aryl methyl sites for hydroxylation is 1. The summed E-state index contributed by atoms with van der Waals surface area (Å²) in [4.78, 5) is 47.0. The van der Waals surface area contributed by atoms with Crippen LogP contribution in [-0.2, 0) is 4.79 Å². The molecule has 11 heteroatoms. The molecule has 2 amide bonds. The number of nitro benzene ring substituents is 1. The summed E-state index contributed by atoms with van der Waals surface area (Å²) in [6.45, 7) is 4.53. The van der Waals surface area contributed by atoms with E-state index < -0.39 is 4.92 Å². The Hall–Kier alpha value is -3.86. The highest BCUT2D eigenvalue weighted by atomic mass is 32.1. The van der Waals surface area contributed by atoms with Gasteiger partial charge in [-0.05, 0) is 51.0 Å². The number of anilines is 2. The molecule has 0 saturated carbocycles. The first-order chi connectivity index (χ1) is 16.8. The summed E-state index contributed by atoms with van der Waals surface area (Å²) in [6.07, 6.45) is 2.70. The topological polar surface area (TPSA) is 130 Å². The van der Waals surface area contributed by atoms with Gasteiger partial charge < -0.3 is 15.5 Å². The molecule has 4 rings (SSSR count). The van der Waals surface area contributed by atoms with Gasteiger partial charge in [-0.3, -0.25) is 24.7 Å². The van der Waals surface area contributed by atoms with E-state index in [1.165, 1.54) is 17.4 Å². The fourth-order valence-corrected chi connectivity index (χ4v) is 4.71. The number of hydrogen-bond donors (Lipinski definition) is 2. The molecule has 0 spiro atoms. The maximum absolute atomic E-state index is 13.1. The number of nitro groups is 1. The number of likely N-dealkylation sites (tertiary alicyclic amines) is 1. The number of carbonyl (C=O) groups is 2. The van der Waals surface area contributed by atoms with Gasteiger partial charge in [0, 0.05) is 42.2 Å². The predicted octanol–water partition coefficient (Wildman–Crippen LogP) is 4.42. The maximum Gasteiger partial charge on any atom is 0.293 e. The Labute approximate surface area is 206 Å². The highest BCUT2D eigenvalue weighted by molar-refractivity contribution is 7.13. The van der Waals surface area contributed by atoms with Crippen LogP contribution in [0.2, 0.25) is 0 Å². The molecule has 1 aromatic carbocycles. The third-order valence-electron chi connectivity index (χ3n) is 5.95. The van der Waals surface area contributed by atoms with Crippen molar-refractivity contribution in [2.45, 2.75) is 32.7 Å². The monoisotopic (exact) mass is 494 g/mol. The molecule has 182 valence electrons. The molecule has 1 aliphatic rings. The first-order valence-electron chi connectivity index (χ1n) is 11.3. The average molecular weight is 495 g/mol. The average Bonchev–Trinajstić information content (AvgIpc) is 3.28. The number of piperidine rings is 1. The van der Waals surface area contributed by atoms with E-state index in [4.69, 9.17) is 0 Å². The van der Waals surface area contributed by atoms with Gasteiger partial charge in [0.2, 0.25) is 5.91 Å². The SMILES string of the molecule is Cc1csc(NC(=O)C2CCN(C(=O)c3ccc(NC(C)c4ccccn4)c([N+](=O)[O-])c3)CC2)n1. The molecule has 3 heterocycles. The molecule has 3 aromatic rings. The number of benzene rings is 1. The summed E-state index contributed by atoms with van der Waals surface area (Å²) in [6, 6.07) is 9.69. The molecule has 10 nitrogen and oxygen atoms in total. The summed E-state index contributed by atoms with van der Waals surface area (Å²) in [5, 5.41) is 20.1. The van der Waals surface area contributed by atoms with E-state index >= 15 is 0 Å². The van der Waals surface area contributed by atoms with Gasteiger partial charge in [0.15, 0.2) is 5.13 Å². The number of amides is 2. The lowest BCUT2D eigenvalue weighted by Crippen LogP contribution is -2.41. The molecular formula is C24H26N6O4S. The number of hydrogen-bond acceptors (Lipinski definition) is 8. The molecule has 1 atom stereocenters. The van der Waals surface area contributed by atoms with Gasteiger partial charge in [0.05, 0.1) is 22.4 Å². The van der Waals surface area contributed by atoms with Gasteiger partial charge in [0.25, 0.3) is 11.6 Å². The molecule has 0 aliphatic carbocycles. The zero-order valence-corrected chi connectivity index (χ0v) is 20.2. The van der Waals surface area contributed by atoms with E-state index in [2.05, 4.69) is 20.6 Å². The Balaban J connectivity index is 1.40. The Kier molecular flexibility index (Phi) is 7.35. The maximum atomic E-state index is 13.1. The smallest absolute Gasteiger partial charge is 0.293 e. The zero-order chi connectivity index (χ0) is 24.9. The van der Waals surface area contributed by atoms with Crippen LogP contribution >= 0.6 is 11.3 Å². The lowest BCUT2D eigenvalue weighted by Gasteiger charge is -2.31. The van der Waals surface area contributed by atoms with Crippen LogP contribution in [0.15, 0.2) is 48.0 Å². The minimum absolute atomic E-state index is 0.0976. The van der Waals surface area contributed by atoms with Gasteiger partial charge in [-0.25, -0.2) is 4.98 Å². The van der Waals surface area contributed by atoms with Crippen molar-refractivity contribution in [3.63, 3.8) is 0 Å². The summed E-state index contributed by atoms with van der Waals surface area (Å²) >= 11 is 1.38. The number of thiazole rings is 1. The lowest BCUT2D eigenvalue weighted by molar-refractivity contribution is -0.384. The number of carbonyl (C=O) groups excluding carboxylic acids is 2. The predicted molar refractivity (Wildman–Crippen MR) is 133 cm³/mol. The standard InChI is InChI=1S/C24H26N6O4S/c1-15-14-35-24(26-15)28-22(31)17-8-11-29(12-9-17)23(32)18-6-7-20(21(13-18)30(33)34)27-16(2)19-5-3-4-10-25-19/h3-7,10,13-14,16-17,27H,8-9,11-12H2,1-2H3,(H,26,28,31). The van der Waals surface area contributed by atoms with Gasteiger partial charge in [-0.1, -0.05) is 6.07 Å².